The molecule has 9 heavy (non-hydrogen) atoms. The van der Waals surface area contributed by atoms with E-state index in [0.29, 0.717) is 0 Å². The summed E-state index contributed by atoms with van der Waals surface area (Å²) in [4.78, 5) is 0. The molecular weight excluding hydrogens is 124 g/mol. The van der Waals surface area contributed by atoms with Crippen molar-refractivity contribution in [3.63, 3.8) is 0 Å². The predicted octanol–water partition coefficient (Wildman–Crippen LogP) is -0.00540. The number of aliphatic hydroxyl groups is 2. The smallest absolute Gasteiger partial charge is 0.235 e. The molecule has 4 N–H and O–H groups in total. The quantitative estimate of drug-likeness (QED) is 0.371. The molecule has 0 unspecified atom stereocenters. The predicted molar refractivity (Wildman–Crippen MR) is 28.2 cm³/mol. The van der Waals surface area contributed by atoms with Crippen LogP contribution in [0.25, 0.3) is 0 Å². The molecule has 0 aromatic carbocycles. The number of aliphatic hydroxyl groups excluding tert-OH is 2. The highest BCUT2D eigenvalue weighted by molar-refractivity contribution is 5.04. The number of hydroxylamine groups is 2. The van der Waals surface area contributed by atoms with Crippen LogP contribution in [0.1, 0.15) is 0 Å². The van der Waals surface area contributed by atoms with Crippen LogP contribution in [0.5, 0.6) is 0 Å². The third-order valence-electron chi connectivity index (χ3n) is 0.859. The summed E-state index contributed by atoms with van der Waals surface area (Å²) in [5.41, 5.74) is 0. The normalized spacial score (nSPS) is 18.1. The van der Waals surface area contributed by atoms with Crippen molar-refractivity contribution in [1.82, 2.24) is 10.4 Å². The zero-order valence-electron chi connectivity index (χ0n) is 4.44. The molecule has 0 aromatic heterocycles. The lowest BCUT2D eigenvalue weighted by Crippen LogP contribution is -2.24. The Balaban J connectivity index is 2.74. The van der Waals surface area contributed by atoms with Crippen molar-refractivity contribution in [3.8, 4) is 0 Å². The number of nitrogens with one attached hydrogen (secondary N) is 1. The summed E-state index contributed by atoms with van der Waals surface area (Å²) < 4.78 is 0. The van der Waals surface area contributed by atoms with E-state index in [-0.39, 0.29) is 5.06 Å². The first-order chi connectivity index (χ1) is 4.22. The lowest BCUT2D eigenvalue weighted by Gasteiger charge is -2.16. The number of nitrogens with zero attached hydrogens (tertiary/aromatic N) is 1. The van der Waals surface area contributed by atoms with Gasteiger partial charge in [0.15, 0.2) is 0 Å². The van der Waals surface area contributed by atoms with Gasteiger partial charge in [0, 0.05) is 0 Å². The average Bonchev–Trinajstić information content (AvgIpc) is 1.83. The molecule has 1 aliphatic rings. The van der Waals surface area contributed by atoms with E-state index >= 15 is 0 Å². The minimum absolute atomic E-state index is 0.247. The second kappa shape index (κ2) is 1.87. The topological polar surface area (TPSA) is 76.0 Å². The largest absolute Gasteiger partial charge is 0.492 e. The Bertz CT molecular complexity index is 157. The molecule has 0 aliphatic carbocycles. The fraction of sp³-hybridized carbons (Fsp3) is 0. The van der Waals surface area contributed by atoms with Gasteiger partial charge >= 0.3 is 0 Å². The van der Waals surface area contributed by atoms with E-state index in [1.807, 2.05) is 0 Å². The third-order valence-corrected chi connectivity index (χ3v) is 0.859. The van der Waals surface area contributed by atoms with E-state index in [0.717, 1.165) is 12.4 Å². The fourth-order valence-electron chi connectivity index (χ4n) is 0.430. The van der Waals surface area contributed by atoms with Crippen LogP contribution in [0.2, 0.25) is 0 Å². The maximum atomic E-state index is 8.62. The van der Waals surface area contributed by atoms with Gasteiger partial charge in [0.1, 0.15) is 0 Å². The van der Waals surface area contributed by atoms with Crippen molar-refractivity contribution in [2.45, 2.75) is 0 Å². The monoisotopic (exact) mass is 130 g/mol. The molecule has 1 aliphatic heterocycles. The number of hydrogen-bond donors (Lipinski definition) is 4. The Kier molecular flexibility index (Phi) is 1.20. The second-order valence-corrected chi connectivity index (χ2v) is 1.48. The molecule has 1 heterocycles. The van der Waals surface area contributed by atoms with Gasteiger partial charge in [-0.25, -0.2) is 0 Å². The zero-order valence-corrected chi connectivity index (χ0v) is 4.44. The summed E-state index contributed by atoms with van der Waals surface area (Å²) >= 11 is 0. The van der Waals surface area contributed by atoms with E-state index in [9.17, 15) is 0 Å². The Morgan fingerprint density at radius 3 is 2.00 bits per heavy atom. The first kappa shape index (κ1) is 5.77. The second-order valence-electron chi connectivity index (χ2n) is 1.48. The molecular formula is C4H6N2O3. The minimum atomic E-state index is -0.449. The molecule has 0 aromatic rings. The summed E-state index contributed by atoms with van der Waals surface area (Å²) in [5, 5.41) is 28.5. The average molecular weight is 130 g/mol. The molecule has 50 valence electrons. The van der Waals surface area contributed by atoms with Crippen LogP contribution in [0, 0.1) is 0 Å². The first-order valence-corrected chi connectivity index (χ1v) is 2.25. The van der Waals surface area contributed by atoms with Gasteiger partial charge in [0.05, 0.1) is 12.4 Å². The van der Waals surface area contributed by atoms with Gasteiger partial charge in [-0.15, -0.1) is 0 Å². The third kappa shape index (κ3) is 0.895. The van der Waals surface area contributed by atoms with Crippen LogP contribution in [-0.4, -0.2) is 20.5 Å². The van der Waals surface area contributed by atoms with Crippen LogP contribution in [0.3, 0.4) is 0 Å². The van der Waals surface area contributed by atoms with Crippen LogP contribution in [0.15, 0.2) is 24.2 Å². The zero-order chi connectivity index (χ0) is 6.85. The van der Waals surface area contributed by atoms with Crippen LogP contribution >= 0.6 is 0 Å². The highest BCUT2D eigenvalue weighted by Crippen LogP contribution is 2.05. The molecule has 0 bridgehead atoms. The molecule has 1 rings (SSSR count). The molecule has 5 heteroatoms. The van der Waals surface area contributed by atoms with Gasteiger partial charge in [-0.1, -0.05) is 0 Å². The Morgan fingerprint density at radius 1 is 1.22 bits per heavy atom. The molecule has 0 amide bonds. The van der Waals surface area contributed by atoms with Gasteiger partial charge in [-0.2, -0.15) is 5.06 Å². The molecule has 0 saturated carbocycles. The molecule has 0 saturated heterocycles. The van der Waals surface area contributed by atoms with Gasteiger partial charge in [-0.3, -0.25) is 5.21 Å². The van der Waals surface area contributed by atoms with E-state index < -0.39 is 11.8 Å². The number of hydrogen-bond acceptors (Lipinski definition) is 5. The Morgan fingerprint density at radius 2 is 1.67 bits per heavy atom. The summed E-state index contributed by atoms with van der Waals surface area (Å²) in [5.74, 6) is -0.898. The van der Waals surface area contributed by atoms with Crippen LogP contribution in [-0.2, 0) is 0 Å². The van der Waals surface area contributed by atoms with Gasteiger partial charge < -0.3 is 15.5 Å². The van der Waals surface area contributed by atoms with Gasteiger partial charge in [0.25, 0.3) is 0 Å². The summed E-state index contributed by atoms with van der Waals surface area (Å²) in [7, 11) is 0. The van der Waals surface area contributed by atoms with E-state index in [2.05, 4.69) is 5.32 Å². The van der Waals surface area contributed by atoms with Crippen molar-refractivity contribution in [3.05, 3.63) is 24.2 Å². The van der Waals surface area contributed by atoms with Gasteiger partial charge in [-0.05, 0) is 0 Å². The maximum absolute atomic E-state index is 8.62. The van der Waals surface area contributed by atoms with Crippen molar-refractivity contribution in [2.24, 2.45) is 0 Å². The molecule has 0 fully saturated rings. The molecule has 5 nitrogen and oxygen atoms in total. The van der Waals surface area contributed by atoms with Crippen molar-refractivity contribution < 1.29 is 15.4 Å². The summed E-state index contributed by atoms with van der Waals surface area (Å²) in [6.45, 7) is 0. The van der Waals surface area contributed by atoms with Crippen molar-refractivity contribution >= 4 is 0 Å². The lowest BCUT2D eigenvalue weighted by atomic mass is 10.6. The summed E-state index contributed by atoms with van der Waals surface area (Å²) in [6, 6.07) is 0. The highest BCUT2D eigenvalue weighted by atomic mass is 16.6. The van der Waals surface area contributed by atoms with Crippen molar-refractivity contribution in [1.29, 1.82) is 0 Å². The van der Waals surface area contributed by atoms with E-state index in [4.69, 9.17) is 15.4 Å². The summed E-state index contributed by atoms with van der Waals surface area (Å²) in [6.07, 6.45) is 2.25. The Labute approximate surface area is 51.1 Å². The van der Waals surface area contributed by atoms with Crippen LogP contribution in [0.4, 0.5) is 0 Å². The highest BCUT2D eigenvalue weighted by Gasteiger charge is 2.11. The van der Waals surface area contributed by atoms with Crippen LogP contribution < -0.4 is 5.32 Å². The molecule has 0 spiro atoms. The number of rotatable bonds is 0. The minimum Gasteiger partial charge on any atom is -0.492 e. The molecule has 0 radical (unpaired) electrons. The lowest BCUT2D eigenvalue weighted by molar-refractivity contribution is -0.0978. The van der Waals surface area contributed by atoms with E-state index in [1.54, 1.807) is 0 Å². The van der Waals surface area contributed by atoms with Gasteiger partial charge in [0.2, 0.25) is 11.8 Å². The molecule has 0 atom stereocenters. The standard InChI is InChI=1S/C4H6N2O3/c7-3-1-5-2-4(8)6(3)9/h1-2,5,7-9H. The fourth-order valence-corrected chi connectivity index (χ4v) is 0.430. The van der Waals surface area contributed by atoms with E-state index in [1.165, 1.54) is 0 Å². The van der Waals surface area contributed by atoms with Crippen molar-refractivity contribution in [2.75, 3.05) is 0 Å². The first-order valence-electron chi connectivity index (χ1n) is 2.25. The maximum Gasteiger partial charge on any atom is 0.235 e. The Hall–Kier alpha value is -1.36. The SMILES string of the molecule is OC1=CNC=C(O)N1O.